The summed E-state index contributed by atoms with van der Waals surface area (Å²) >= 11 is 0. The molecule has 0 aromatic heterocycles. The molecule has 1 aliphatic carbocycles. The molecule has 118 valence electrons. The van der Waals surface area contributed by atoms with Gasteiger partial charge in [-0.05, 0) is 50.9 Å². The maximum atomic E-state index is 12.5. The summed E-state index contributed by atoms with van der Waals surface area (Å²) in [6.07, 6.45) is 2.69. The van der Waals surface area contributed by atoms with Crippen LogP contribution in [0.5, 0.6) is 0 Å². The van der Waals surface area contributed by atoms with Gasteiger partial charge in [0.25, 0.3) is 0 Å². The summed E-state index contributed by atoms with van der Waals surface area (Å²) in [5, 5.41) is 3.11. The van der Waals surface area contributed by atoms with Crippen LogP contribution in [0.1, 0.15) is 37.8 Å². The fourth-order valence-electron chi connectivity index (χ4n) is 2.73. The Balaban J connectivity index is 2.19. The molecule has 1 aromatic carbocycles. The number of rotatable bonds is 6. The van der Waals surface area contributed by atoms with E-state index in [4.69, 9.17) is 4.74 Å². The highest BCUT2D eigenvalue weighted by molar-refractivity contribution is 7.89. The third-order valence-corrected chi connectivity index (χ3v) is 5.65. The van der Waals surface area contributed by atoms with E-state index >= 15 is 0 Å². The van der Waals surface area contributed by atoms with Crippen LogP contribution in [0.25, 0.3) is 0 Å². The SMILES string of the molecule is CNC(C)c1cccc(S(=O)(=O)NC2CCCC2OC)c1. The van der Waals surface area contributed by atoms with Crippen LogP contribution in [-0.2, 0) is 14.8 Å². The van der Waals surface area contributed by atoms with E-state index in [2.05, 4.69) is 10.0 Å². The average molecular weight is 312 g/mol. The van der Waals surface area contributed by atoms with E-state index in [1.807, 2.05) is 20.0 Å². The predicted octanol–water partition coefficient (Wildman–Crippen LogP) is 1.81. The van der Waals surface area contributed by atoms with Crippen LogP contribution in [0.3, 0.4) is 0 Å². The van der Waals surface area contributed by atoms with Gasteiger partial charge in [0.2, 0.25) is 10.0 Å². The molecule has 3 unspecified atom stereocenters. The molecule has 0 spiro atoms. The summed E-state index contributed by atoms with van der Waals surface area (Å²) in [4.78, 5) is 0.309. The minimum absolute atomic E-state index is 0.0285. The van der Waals surface area contributed by atoms with Gasteiger partial charge >= 0.3 is 0 Å². The van der Waals surface area contributed by atoms with Crippen molar-refractivity contribution in [1.82, 2.24) is 10.0 Å². The first-order valence-corrected chi connectivity index (χ1v) is 8.78. The molecular weight excluding hydrogens is 288 g/mol. The number of nitrogens with one attached hydrogen (secondary N) is 2. The zero-order valence-corrected chi connectivity index (χ0v) is 13.6. The minimum Gasteiger partial charge on any atom is -0.380 e. The Bertz CT molecular complexity index is 574. The van der Waals surface area contributed by atoms with Crippen molar-refractivity contribution in [3.05, 3.63) is 29.8 Å². The van der Waals surface area contributed by atoms with Gasteiger partial charge in [-0.1, -0.05) is 12.1 Å². The van der Waals surface area contributed by atoms with Crippen LogP contribution in [-0.4, -0.2) is 34.7 Å². The lowest BCUT2D eigenvalue weighted by atomic mass is 10.1. The van der Waals surface area contributed by atoms with Gasteiger partial charge in [-0.15, -0.1) is 0 Å². The van der Waals surface area contributed by atoms with Crippen LogP contribution in [0.4, 0.5) is 0 Å². The quantitative estimate of drug-likeness (QED) is 0.841. The largest absolute Gasteiger partial charge is 0.380 e. The van der Waals surface area contributed by atoms with E-state index in [-0.39, 0.29) is 18.2 Å². The van der Waals surface area contributed by atoms with Crippen LogP contribution >= 0.6 is 0 Å². The van der Waals surface area contributed by atoms with Gasteiger partial charge in [-0.25, -0.2) is 13.1 Å². The molecule has 0 amide bonds. The minimum atomic E-state index is -3.51. The zero-order valence-electron chi connectivity index (χ0n) is 12.8. The summed E-state index contributed by atoms with van der Waals surface area (Å²) in [5.74, 6) is 0. The second-order valence-electron chi connectivity index (χ2n) is 5.52. The first-order valence-electron chi connectivity index (χ1n) is 7.30. The molecular formula is C15H24N2O3S. The van der Waals surface area contributed by atoms with Gasteiger partial charge in [0, 0.05) is 19.2 Å². The normalized spacial score (nSPS) is 24.1. The Kier molecular flexibility index (Phi) is 5.37. The molecule has 2 rings (SSSR count). The Labute approximate surface area is 127 Å². The van der Waals surface area contributed by atoms with Gasteiger partial charge in [0.05, 0.1) is 11.0 Å². The Morgan fingerprint density at radius 2 is 2.10 bits per heavy atom. The number of methoxy groups -OCH3 is 1. The third kappa shape index (κ3) is 3.83. The van der Waals surface area contributed by atoms with Gasteiger partial charge < -0.3 is 10.1 Å². The Morgan fingerprint density at radius 1 is 1.33 bits per heavy atom. The van der Waals surface area contributed by atoms with Crippen LogP contribution in [0, 0.1) is 0 Å². The second-order valence-corrected chi connectivity index (χ2v) is 7.23. The lowest BCUT2D eigenvalue weighted by Gasteiger charge is -2.20. The van der Waals surface area contributed by atoms with Crippen molar-refractivity contribution >= 4 is 10.0 Å². The molecule has 1 aliphatic rings. The van der Waals surface area contributed by atoms with E-state index in [9.17, 15) is 8.42 Å². The number of benzene rings is 1. The van der Waals surface area contributed by atoms with Crippen LogP contribution < -0.4 is 10.0 Å². The van der Waals surface area contributed by atoms with Crippen LogP contribution in [0.2, 0.25) is 0 Å². The van der Waals surface area contributed by atoms with E-state index in [1.165, 1.54) is 0 Å². The van der Waals surface area contributed by atoms with Gasteiger partial charge in [0.15, 0.2) is 0 Å². The fraction of sp³-hybridized carbons (Fsp3) is 0.600. The van der Waals surface area contributed by atoms with Crippen molar-refractivity contribution in [2.45, 2.75) is 49.3 Å². The Hall–Kier alpha value is -0.950. The number of ether oxygens (including phenoxy) is 1. The maximum Gasteiger partial charge on any atom is 0.240 e. The van der Waals surface area contributed by atoms with Crippen molar-refractivity contribution in [3.8, 4) is 0 Å². The van der Waals surface area contributed by atoms with E-state index in [0.29, 0.717) is 4.90 Å². The summed E-state index contributed by atoms with van der Waals surface area (Å²) in [6.45, 7) is 2.00. The smallest absolute Gasteiger partial charge is 0.240 e. The summed E-state index contributed by atoms with van der Waals surface area (Å²) in [7, 11) is -0.0243. The number of hydrogen-bond donors (Lipinski definition) is 2. The summed E-state index contributed by atoms with van der Waals surface area (Å²) in [6, 6.07) is 7.03. The zero-order chi connectivity index (χ0) is 15.5. The highest BCUT2D eigenvalue weighted by Crippen LogP contribution is 2.24. The molecule has 1 aromatic rings. The highest BCUT2D eigenvalue weighted by atomic mass is 32.2. The first kappa shape index (κ1) is 16.4. The number of hydrogen-bond acceptors (Lipinski definition) is 4. The topological polar surface area (TPSA) is 67.4 Å². The maximum absolute atomic E-state index is 12.5. The average Bonchev–Trinajstić information content (AvgIpc) is 2.93. The molecule has 1 fully saturated rings. The number of sulfonamides is 1. The van der Waals surface area contributed by atoms with Crippen molar-refractivity contribution in [1.29, 1.82) is 0 Å². The van der Waals surface area contributed by atoms with Crippen molar-refractivity contribution in [3.63, 3.8) is 0 Å². The molecule has 5 nitrogen and oxygen atoms in total. The molecule has 21 heavy (non-hydrogen) atoms. The predicted molar refractivity (Wildman–Crippen MR) is 82.7 cm³/mol. The van der Waals surface area contributed by atoms with Gasteiger partial charge in [-0.3, -0.25) is 0 Å². The molecule has 0 aliphatic heterocycles. The summed E-state index contributed by atoms with van der Waals surface area (Å²) in [5.41, 5.74) is 0.954. The fourth-order valence-corrected chi connectivity index (χ4v) is 4.08. The molecule has 0 saturated heterocycles. The van der Waals surface area contributed by atoms with Crippen molar-refractivity contribution in [2.24, 2.45) is 0 Å². The van der Waals surface area contributed by atoms with Crippen LogP contribution in [0.15, 0.2) is 29.2 Å². The molecule has 3 atom stereocenters. The highest BCUT2D eigenvalue weighted by Gasteiger charge is 2.31. The van der Waals surface area contributed by atoms with Crippen molar-refractivity contribution in [2.75, 3.05) is 14.2 Å². The standard InChI is InChI=1S/C15H24N2O3S/c1-11(16-2)12-6-4-7-13(10-12)21(18,19)17-14-8-5-9-15(14)20-3/h4,6-7,10-11,14-17H,5,8-9H2,1-3H3. The van der Waals surface area contributed by atoms with Crippen molar-refractivity contribution < 1.29 is 13.2 Å². The monoisotopic (exact) mass is 312 g/mol. The van der Waals surface area contributed by atoms with E-state index in [1.54, 1.807) is 25.3 Å². The molecule has 0 heterocycles. The molecule has 2 N–H and O–H groups in total. The molecule has 0 bridgehead atoms. The first-order chi connectivity index (χ1) is 9.97. The van der Waals surface area contributed by atoms with Gasteiger partial charge in [-0.2, -0.15) is 0 Å². The lowest BCUT2D eigenvalue weighted by Crippen LogP contribution is -2.40. The summed E-state index contributed by atoms with van der Waals surface area (Å²) < 4.78 is 33.2. The Morgan fingerprint density at radius 3 is 2.76 bits per heavy atom. The molecule has 0 radical (unpaired) electrons. The van der Waals surface area contributed by atoms with E-state index in [0.717, 1.165) is 24.8 Å². The second kappa shape index (κ2) is 6.87. The molecule has 6 heteroatoms. The van der Waals surface area contributed by atoms with E-state index < -0.39 is 10.0 Å². The third-order valence-electron chi connectivity index (χ3n) is 4.16. The lowest BCUT2D eigenvalue weighted by molar-refractivity contribution is 0.0916. The molecule has 1 saturated carbocycles. The van der Waals surface area contributed by atoms with Gasteiger partial charge in [0.1, 0.15) is 0 Å².